The number of para-hydroxylation sites is 1. The number of anilines is 3. The van der Waals surface area contributed by atoms with E-state index in [9.17, 15) is 4.79 Å². The van der Waals surface area contributed by atoms with Crippen molar-refractivity contribution in [2.45, 2.75) is 6.42 Å². The molecule has 184 valence electrons. The van der Waals surface area contributed by atoms with E-state index in [-0.39, 0.29) is 5.91 Å². The van der Waals surface area contributed by atoms with Crippen molar-refractivity contribution in [3.05, 3.63) is 114 Å². The quantitative estimate of drug-likeness (QED) is 0.268. The Morgan fingerprint density at radius 2 is 1.54 bits per heavy atom. The third-order valence-corrected chi connectivity index (χ3v) is 6.03. The summed E-state index contributed by atoms with van der Waals surface area (Å²) in [5.74, 6) is 1.59. The fraction of sp³-hybridized carbons (Fsp3) is 0.100. The number of hydrogen-bond acceptors (Lipinski definition) is 6. The second-order valence-corrected chi connectivity index (χ2v) is 8.41. The van der Waals surface area contributed by atoms with Crippen molar-refractivity contribution in [2.24, 2.45) is 0 Å². The third-order valence-electron chi connectivity index (χ3n) is 6.03. The van der Waals surface area contributed by atoms with Crippen molar-refractivity contribution in [3.8, 4) is 11.5 Å². The van der Waals surface area contributed by atoms with Gasteiger partial charge in [-0.15, -0.1) is 0 Å². The standard InChI is InChI=1S/C30H26N4O3/c1-36-27-18-25-21(14-16-31-26(25)19-28(27)37-2)17-20-10-12-23(13-11-20)33-29-24(9-6-15-32-29)30(35)34-22-7-4-3-5-8-22/h3-16,18-19H,17H2,1-2H3,(H,32,33)(H,34,35). The zero-order valence-electron chi connectivity index (χ0n) is 20.6. The number of amides is 1. The molecule has 0 aliphatic carbocycles. The minimum Gasteiger partial charge on any atom is -0.493 e. The van der Waals surface area contributed by atoms with E-state index in [0.717, 1.165) is 39.8 Å². The van der Waals surface area contributed by atoms with Gasteiger partial charge in [0.25, 0.3) is 5.91 Å². The second kappa shape index (κ2) is 10.8. The number of nitrogens with zero attached hydrogens (tertiary/aromatic N) is 2. The van der Waals surface area contributed by atoms with Crippen LogP contribution in [0.5, 0.6) is 11.5 Å². The average Bonchev–Trinajstić information content (AvgIpc) is 2.94. The normalized spacial score (nSPS) is 10.6. The molecule has 37 heavy (non-hydrogen) atoms. The summed E-state index contributed by atoms with van der Waals surface area (Å²) in [6.07, 6.45) is 4.19. The molecule has 0 saturated carbocycles. The van der Waals surface area contributed by atoms with Gasteiger partial charge in [-0.1, -0.05) is 30.3 Å². The zero-order valence-corrected chi connectivity index (χ0v) is 20.6. The van der Waals surface area contributed by atoms with Crippen molar-refractivity contribution in [1.82, 2.24) is 9.97 Å². The Labute approximate surface area is 215 Å². The van der Waals surface area contributed by atoms with Crippen LogP contribution in [0.1, 0.15) is 21.5 Å². The van der Waals surface area contributed by atoms with Crippen LogP contribution in [0.15, 0.2) is 97.3 Å². The Bertz CT molecular complexity index is 1540. The fourth-order valence-corrected chi connectivity index (χ4v) is 4.15. The maximum atomic E-state index is 12.9. The Hall–Kier alpha value is -4.91. The van der Waals surface area contributed by atoms with Gasteiger partial charge in [-0.2, -0.15) is 0 Å². The molecule has 0 aliphatic heterocycles. The Kier molecular flexibility index (Phi) is 6.94. The number of fused-ring (bicyclic) bond motifs is 1. The van der Waals surface area contributed by atoms with Crippen molar-refractivity contribution < 1.29 is 14.3 Å². The smallest absolute Gasteiger partial charge is 0.259 e. The van der Waals surface area contributed by atoms with E-state index >= 15 is 0 Å². The van der Waals surface area contributed by atoms with E-state index in [4.69, 9.17) is 9.47 Å². The van der Waals surface area contributed by atoms with Crippen LogP contribution < -0.4 is 20.1 Å². The molecule has 0 aliphatic rings. The van der Waals surface area contributed by atoms with Crippen LogP contribution in [0, 0.1) is 0 Å². The molecule has 7 heteroatoms. The van der Waals surface area contributed by atoms with Gasteiger partial charge in [0.05, 0.1) is 25.3 Å². The summed E-state index contributed by atoms with van der Waals surface area (Å²) in [6, 6.07) is 26.8. The number of methoxy groups -OCH3 is 2. The molecule has 5 aromatic rings. The first-order valence-electron chi connectivity index (χ1n) is 11.8. The highest BCUT2D eigenvalue weighted by molar-refractivity contribution is 6.07. The van der Waals surface area contributed by atoms with E-state index in [2.05, 4.69) is 32.7 Å². The summed E-state index contributed by atoms with van der Waals surface area (Å²) in [7, 11) is 3.25. The molecule has 0 atom stereocenters. The number of ether oxygens (including phenoxy) is 2. The minimum atomic E-state index is -0.227. The molecule has 0 spiro atoms. The van der Waals surface area contributed by atoms with Gasteiger partial charge in [0.1, 0.15) is 5.82 Å². The highest BCUT2D eigenvalue weighted by Gasteiger charge is 2.14. The molecule has 2 aromatic heterocycles. The highest BCUT2D eigenvalue weighted by Crippen LogP contribution is 2.33. The van der Waals surface area contributed by atoms with Crippen LogP contribution in [0.25, 0.3) is 10.9 Å². The maximum Gasteiger partial charge on any atom is 0.259 e. The monoisotopic (exact) mass is 490 g/mol. The van der Waals surface area contributed by atoms with Gasteiger partial charge in [-0.05, 0) is 66.1 Å². The van der Waals surface area contributed by atoms with Crippen LogP contribution in [-0.4, -0.2) is 30.1 Å². The Morgan fingerprint density at radius 3 is 2.30 bits per heavy atom. The SMILES string of the molecule is COc1cc2nccc(Cc3ccc(Nc4ncccc4C(=O)Nc4ccccc4)cc3)c2cc1OC. The molecule has 7 nitrogen and oxygen atoms in total. The predicted octanol–water partition coefficient (Wildman–Crippen LogP) is 6.23. The lowest BCUT2D eigenvalue weighted by Gasteiger charge is -2.13. The molecule has 3 aromatic carbocycles. The fourth-order valence-electron chi connectivity index (χ4n) is 4.15. The molecule has 2 heterocycles. The molecular weight excluding hydrogens is 464 g/mol. The van der Waals surface area contributed by atoms with Gasteiger partial charge < -0.3 is 20.1 Å². The van der Waals surface area contributed by atoms with Gasteiger partial charge in [0.15, 0.2) is 11.5 Å². The molecule has 0 fully saturated rings. The number of benzene rings is 3. The minimum absolute atomic E-state index is 0.227. The van der Waals surface area contributed by atoms with Gasteiger partial charge >= 0.3 is 0 Å². The highest BCUT2D eigenvalue weighted by atomic mass is 16.5. The van der Waals surface area contributed by atoms with Crippen LogP contribution >= 0.6 is 0 Å². The summed E-state index contributed by atoms with van der Waals surface area (Å²) >= 11 is 0. The molecule has 5 rings (SSSR count). The summed E-state index contributed by atoms with van der Waals surface area (Å²) in [5, 5.41) is 7.20. The number of carbonyl (C=O) groups is 1. The average molecular weight is 491 g/mol. The van der Waals surface area contributed by atoms with E-state index in [0.29, 0.717) is 22.9 Å². The van der Waals surface area contributed by atoms with Gasteiger partial charge in [0, 0.05) is 35.2 Å². The maximum absolute atomic E-state index is 12.9. The van der Waals surface area contributed by atoms with Crippen molar-refractivity contribution in [2.75, 3.05) is 24.9 Å². The first kappa shape index (κ1) is 23.8. The summed E-state index contributed by atoms with van der Waals surface area (Å²) < 4.78 is 10.9. The van der Waals surface area contributed by atoms with Crippen LogP contribution in [-0.2, 0) is 6.42 Å². The molecule has 1 amide bonds. The first-order chi connectivity index (χ1) is 18.1. The molecular formula is C30H26N4O3. The van der Waals surface area contributed by atoms with E-state index < -0.39 is 0 Å². The molecule has 0 unspecified atom stereocenters. The van der Waals surface area contributed by atoms with Crippen LogP contribution in [0.2, 0.25) is 0 Å². The lowest BCUT2D eigenvalue weighted by Crippen LogP contribution is -2.14. The Balaban J connectivity index is 1.34. The second-order valence-electron chi connectivity index (χ2n) is 8.41. The Morgan fingerprint density at radius 1 is 0.784 bits per heavy atom. The molecule has 0 radical (unpaired) electrons. The number of aromatic nitrogens is 2. The zero-order chi connectivity index (χ0) is 25.6. The molecule has 2 N–H and O–H groups in total. The number of carbonyl (C=O) groups excluding carboxylic acids is 1. The van der Waals surface area contributed by atoms with Crippen LogP contribution in [0.3, 0.4) is 0 Å². The number of nitrogens with one attached hydrogen (secondary N) is 2. The van der Waals surface area contributed by atoms with Crippen molar-refractivity contribution >= 4 is 34.0 Å². The molecule has 0 saturated heterocycles. The van der Waals surface area contributed by atoms with E-state index in [1.807, 2.05) is 66.9 Å². The first-order valence-corrected chi connectivity index (χ1v) is 11.8. The van der Waals surface area contributed by atoms with Crippen molar-refractivity contribution in [1.29, 1.82) is 0 Å². The predicted molar refractivity (Wildman–Crippen MR) is 146 cm³/mol. The third kappa shape index (κ3) is 5.36. The molecule has 0 bridgehead atoms. The summed E-state index contributed by atoms with van der Waals surface area (Å²) in [4.78, 5) is 21.7. The lowest BCUT2D eigenvalue weighted by molar-refractivity contribution is 0.102. The van der Waals surface area contributed by atoms with E-state index in [1.54, 1.807) is 32.5 Å². The van der Waals surface area contributed by atoms with Gasteiger partial charge in [-0.25, -0.2) is 4.98 Å². The topological polar surface area (TPSA) is 85.4 Å². The van der Waals surface area contributed by atoms with E-state index in [1.165, 1.54) is 0 Å². The van der Waals surface area contributed by atoms with Gasteiger partial charge in [-0.3, -0.25) is 9.78 Å². The number of hydrogen-bond donors (Lipinski definition) is 2. The largest absolute Gasteiger partial charge is 0.493 e. The van der Waals surface area contributed by atoms with Crippen LogP contribution in [0.4, 0.5) is 17.2 Å². The number of pyridine rings is 2. The summed E-state index contributed by atoms with van der Waals surface area (Å²) in [5.41, 5.74) is 5.15. The van der Waals surface area contributed by atoms with Crippen molar-refractivity contribution in [3.63, 3.8) is 0 Å². The number of rotatable bonds is 8. The lowest BCUT2D eigenvalue weighted by atomic mass is 10.0. The van der Waals surface area contributed by atoms with Gasteiger partial charge in [0.2, 0.25) is 0 Å². The summed E-state index contributed by atoms with van der Waals surface area (Å²) in [6.45, 7) is 0.